The van der Waals surface area contributed by atoms with Crippen molar-refractivity contribution in [1.29, 1.82) is 0 Å². The Kier molecular flexibility index (Phi) is 5.90. The normalized spacial score (nSPS) is 11.3. The first-order valence-corrected chi connectivity index (χ1v) is 7.71. The molecule has 7 nitrogen and oxygen atoms in total. The van der Waals surface area contributed by atoms with Gasteiger partial charge in [0, 0.05) is 11.4 Å². The predicted molar refractivity (Wildman–Crippen MR) is 94.3 cm³/mol. The third-order valence-corrected chi connectivity index (χ3v) is 3.46. The molecule has 1 atom stereocenters. The number of amides is 3. The van der Waals surface area contributed by atoms with Crippen LogP contribution in [0.3, 0.4) is 0 Å². The molecule has 0 unspecified atom stereocenters. The van der Waals surface area contributed by atoms with Gasteiger partial charge in [-0.1, -0.05) is 12.1 Å². The number of rotatable bonds is 5. The topological polar surface area (TPSA) is 111 Å². The Morgan fingerprint density at radius 2 is 1.77 bits per heavy atom. The van der Waals surface area contributed by atoms with E-state index in [0.717, 1.165) is 0 Å². The van der Waals surface area contributed by atoms with E-state index in [9.17, 15) is 18.8 Å². The van der Waals surface area contributed by atoms with E-state index in [2.05, 4.69) is 10.6 Å². The summed E-state index contributed by atoms with van der Waals surface area (Å²) in [6.45, 7) is 3.00. The Hall–Kier alpha value is -3.42. The summed E-state index contributed by atoms with van der Waals surface area (Å²) < 4.78 is 18.6. The Labute approximate surface area is 149 Å². The number of urea groups is 1. The van der Waals surface area contributed by atoms with Crippen LogP contribution in [0.25, 0.3) is 0 Å². The lowest BCUT2D eigenvalue weighted by Crippen LogP contribution is -2.30. The van der Waals surface area contributed by atoms with Crippen molar-refractivity contribution in [1.82, 2.24) is 0 Å². The molecule has 136 valence electrons. The average Bonchev–Trinajstić information content (AvgIpc) is 2.57. The number of benzene rings is 2. The first-order chi connectivity index (χ1) is 12.3. The first kappa shape index (κ1) is 18.9. The highest BCUT2D eigenvalue weighted by Gasteiger charge is 2.19. The number of esters is 1. The molecule has 0 aliphatic rings. The maximum Gasteiger partial charge on any atom is 0.338 e. The van der Waals surface area contributed by atoms with Crippen molar-refractivity contribution in [3.63, 3.8) is 0 Å². The highest BCUT2D eigenvalue weighted by molar-refractivity contribution is 5.98. The maximum atomic E-state index is 13.5. The molecule has 0 saturated heterocycles. The van der Waals surface area contributed by atoms with Crippen LogP contribution < -0.4 is 16.4 Å². The number of aryl methyl sites for hydroxylation is 1. The fraction of sp³-hybridized carbons (Fsp3) is 0.167. The Morgan fingerprint density at radius 3 is 2.42 bits per heavy atom. The summed E-state index contributed by atoms with van der Waals surface area (Å²) in [6, 6.07) is 9.39. The molecule has 0 radical (unpaired) electrons. The molecule has 2 aromatic carbocycles. The Morgan fingerprint density at radius 1 is 1.08 bits per heavy atom. The van der Waals surface area contributed by atoms with Crippen LogP contribution in [-0.4, -0.2) is 24.0 Å². The minimum absolute atomic E-state index is 0.136. The molecule has 0 aliphatic carbocycles. The number of hydrogen-bond donors (Lipinski definition) is 3. The van der Waals surface area contributed by atoms with Gasteiger partial charge in [-0.05, 0) is 49.7 Å². The molecule has 4 N–H and O–H groups in total. The standard InChI is InChI=1S/C18H18FN3O4/c1-10-6-7-14(9-15(10)19)21-16(23)11(2)26-17(24)12-4-3-5-13(8-12)22-18(20)25/h3-9,11H,1-2H3,(H,21,23)(H3,20,22,25)/t11-/m0/s1. The van der Waals surface area contributed by atoms with Gasteiger partial charge in [0.25, 0.3) is 5.91 Å². The van der Waals surface area contributed by atoms with Gasteiger partial charge in [0.1, 0.15) is 5.82 Å². The number of nitrogens with two attached hydrogens (primary N) is 1. The zero-order chi connectivity index (χ0) is 19.3. The summed E-state index contributed by atoms with van der Waals surface area (Å²) in [5.41, 5.74) is 6.18. The van der Waals surface area contributed by atoms with Crippen LogP contribution >= 0.6 is 0 Å². The molecule has 26 heavy (non-hydrogen) atoms. The largest absolute Gasteiger partial charge is 0.449 e. The zero-order valence-corrected chi connectivity index (χ0v) is 14.2. The van der Waals surface area contributed by atoms with Crippen molar-refractivity contribution in [2.24, 2.45) is 5.73 Å². The zero-order valence-electron chi connectivity index (χ0n) is 14.2. The van der Waals surface area contributed by atoms with E-state index in [4.69, 9.17) is 10.5 Å². The molecule has 2 rings (SSSR count). The quantitative estimate of drug-likeness (QED) is 0.713. The van der Waals surface area contributed by atoms with Crippen molar-refractivity contribution in [2.75, 3.05) is 10.6 Å². The van der Waals surface area contributed by atoms with E-state index in [1.807, 2.05) is 0 Å². The first-order valence-electron chi connectivity index (χ1n) is 7.71. The number of ether oxygens (including phenoxy) is 1. The van der Waals surface area contributed by atoms with Crippen LogP contribution in [0.5, 0.6) is 0 Å². The second kappa shape index (κ2) is 8.11. The monoisotopic (exact) mass is 359 g/mol. The molecule has 0 heterocycles. The number of primary amides is 1. The summed E-state index contributed by atoms with van der Waals surface area (Å²) in [7, 11) is 0. The molecule has 0 saturated carbocycles. The number of anilines is 2. The van der Waals surface area contributed by atoms with E-state index in [1.165, 1.54) is 37.3 Å². The number of halogens is 1. The molecule has 8 heteroatoms. The minimum atomic E-state index is -1.11. The van der Waals surface area contributed by atoms with Crippen LogP contribution in [0.2, 0.25) is 0 Å². The smallest absolute Gasteiger partial charge is 0.338 e. The fourth-order valence-electron chi connectivity index (χ4n) is 2.06. The number of nitrogens with one attached hydrogen (secondary N) is 2. The summed E-state index contributed by atoms with van der Waals surface area (Å²) in [6.07, 6.45) is -1.11. The lowest BCUT2D eigenvalue weighted by molar-refractivity contribution is -0.123. The molecule has 2 aromatic rings. The molecule has 0 fully saturated rings. The van der Waals surface area contributed by atoms with Gasteiger partial charge < -0.3 is 21.1 Å². The molecule has 0 aromatic heterocycles. The highest BCUT2D eigenvalue weighted by atomic mass is 19.1. The van der Waals surface area contributed by atoms with Gasteiger partial charge in [0.15, 0.2) is 6.10 Å². The number of carbonyl (C=O) groups excluding carboxylic acids is 3. The van der Waals surface area contributed by atoms with Gasteiger partial charge in [-0.2, -0.15) is 0 Å². The molecular weight excluding hydrogens is 341 g/mol. The molecule has 0 bridgehead atoms. The van der Waals surface area contributed by atoms with Crippen LogP contribution in [0.1, 0.15) is 22.8 Å². The average molecular weight is 359 g/mol. The van der Waals surface area contributed by atoms with Crippen LogP contribution in [0.4, 0.5) is 20.6 Å². The van der Waals surface area contributed by atoms with Gasteiger partial charge >= 0.3 is 12.0 Å². The van der Waals surface area contributed by atoms with Crippen molar-refractivity contribution in [2.45, 2.75) is 20.0 Å². The van der Waals surface area contributed by atoms with Crippen LogP contribution in [-0.2, 0) is 9.53 Å². The van der Waals surface area contributed by atoms with Crippen LogP contribution in [0, 0.1) is 12.7 Å². The molecule has 3 amide bonds. The van der Waals surface area contributed by atoms with Crippen molar-refractivity contribution in [3.05, 3.63) is 59.4 Å². The maximum absolute atomic E-state index is 13.5. The fourth-order valence-corrected chi connectivity index (χ4v) is 2.06. The van der Waals surface area contributed by atoms with E-state index >= 15 is 0 Å². The van der Waals surface area contributed by atoms with Crippen molar-refractivity contribution < 1.29 is 23.5 Å². The second-order valence-electron chi connectivity index (χ2n) is 5.57. The van der Waals surface area contributed by atoms with Gasteiger partial charge in [-0.15, -0.1) is 0 Å². The van der Waals surface area contributed by atoms with Crippen LogP contribution in [0.15, 0.2) is 42.5 Å². The molecular formula is C18H18FN3O4. The van der Waals surface area contributed by atoms with Gasteiger partial charge in [-0.25, -0.2) is 14.0 Å². The van der Waals surface area contributed by atoms with E-state index in [0.29, 0.717) is 11.3 Å². The molecule has 0 aliphatic heterocycles. The summed E-state index contributed by atoms with van der Waals surface area (Å²) >= 11 is 0. The highest BCUT2D eigenvalue weighted by Crippen LogP contribution is 2.15. The van der Waals surface area contributed by atoms with E-state index in [-0.39, 0.29) is 11.3 Å². The lowest BCUT2D eigenvalue weighted by Gasteiger charge is -2.14. The summed E-state index contributed by atoms with van der Waals surface area (Å²) in [5, 5.41) is 4.81. The second-order valence-corrected chi connectivity index (χ2v) is 5.57. The van der Waals surface area contributed by atoms with Gasteiger partial charge in [-0.3, -0.25) is 4.79 Å². The Balaban J connectivity index is 2.00. The number of hydrogen-bond acceptors (Lipinski definition) is 4. The SMILES string of the molecule is Cc1ccc(NC(=O)[C@H](C)OC(=O)c2cccc(NC(N)=O)c2)cc1F. The molecule has 0 spiro atoms. The Bertz CT molecular complexity index is 854. The lowest BCUT2D eigenvalue weighted by atomic mass is 10.2. The van der Waals surface area contributed by atoms with Gasteiger partial charge in [0.05, 0.1) is 5.56 Å². The van der Waals surface area contributed by atoms with E-state index in [1.54, 1.807) is 19.1 Å². The third kappa shape index (κ3) is 5.04. The summed E-state index contributed by atoms with van der Waals surface area (Å²) in [5.74, 6) is -1.81. The van der Waals surface area contributed by atoms with E-state index < -0.39 is 29.8 Å². The minimum Gasteiger partial charge on any atom is -0.449 e. The third-order valence-electron chi connectivity index (χ3n) is 3.46. The van der Waals surface area contributed by atoms with Crippen molar-refractivity contribution in [3.8, 4) is 0 Å². The number of carbonyl (C=O) groups is 3. The summed E-state index contributed by atoms with van der Waals surface area (Å²) in [4.78, 5) is 35.1. The van der Waals surface area contributed by atoms with Crippen molar-refractivity contribution >= 4 is 29.3 Å². The van der Waals surface area contributed by atoms with Gasteiger partial charge in [0.2, 0.25) is 0 Å². The predicted octanol–water partition coefficient (Wildman–Crippen LogP) is 2.81.